The summed E-state index contributed by atoms with van der Waals surface area (Å²) in [6.45, 7) is 2.04. The van der Waals surface area contributed by atoms with Crippen molar-refractivity contribution in [3.63, 3.8) is 0 Å². The standard InChI is InChI=1S/C17H22N2/c1-13(18)12-14-4-6-15(7-5-14)16-8-10-17(11-9-16)19(2)3/h4-11,13H,12,18H2,1-3H3. The van der Waals surface area contributed by atoms with Gasteiger partial charge in [0.05, 0.1) is 0 Å². The molecule has 0 aliphatic carbocycles. The van der Waals surface area contributed by atoms with Gasteiger partial charge in [-0.1, -0.05) is 36.4 Å². The molecule has 0 fully saturated rings. The van der Waals surface area contributed by atoms with Crippen LogP contribution in [0.5, 0.6) is 0 Å². The highest BCUT2D eigenvalue weighted by molar-refractivity contribution is 5.66. The fraction of sp³-hybridized carbons (Fsp3) is 0.294. The number of nitrogens with zero attached hydrogens (tertiary/aromatic N) is 1. The van der Waals surface area contributed by atoms with Crippen LogP contribution in [-0.2, 0) is 6.42 Å². The zero-order chi connectivity index (χ0) is 13.8. The Morgan fingerprint density at radius 2 is 1.37 bits per heavy atom. The molecule has 0 spiro atoms. The Hall–Kier alpha value is -1.80. The summed E-state index contributed by atoms with van der Waals surface area (Å²) < 4.78 is 0. The maximum atomic E-state index is 5.81. The average Bonchev–Trinajstić information content (AvgIpc) is 2.39. The van der Waals surface area contributed by atoms with Gasteiger partial charge in [-0.3, -0.25) is 0 Å². The smallest absolute Gasteiger partial charge is 0.0361 e. The van der Waals surface area contributed by atoms with Crippen LogP contribution in [0, 0.1) is 0 Å². The molecule has 0 heterocycles. The van der Waals surface area contributed by atoms with Gasteiger partial charge in [0.1, 0.15) is 0 Å². The van der Waals surface area contributed by atoms with Crippen LogP contribution < -0.4 is 10.6 Å². The second kappa shape index (κ2) is 5.89. The van der Waals surface area contributed by atoms with Gasteiger partial charge in [-0.15, -0.1) is 0 Å². The van der Waals surface area contributed by atoms with E-state index in [0.717, 1.165) is 6.42 Å². The molecule has 2 nitrogen and oxygen atoms in total. The first-order valence-electron chi connectivity index (χ1n) is 6.68. The molecule has 0 radical (unpaired) electrons. The Kier molecular flexibility index (Phi) is 4.23. The zero-order valence-corrected chi connectivity index (χ0v) is 11.9. The van der Waals surface area contributed by atoms with Crippen LogP contribution in [0.25, 0.3) is 11.1 Å². The van der Waals surface area contributed by atoms with Crippen LogP contribution >= 0.6 is 0 Å². The van der Waals surface area contributed by atoms with Gasteiger partial charge in [-0.2, -0.15) is 0 Å². The van der Waals surface area contributed by atoms with Crippen molar-refractivity contribution in [2.75, 3.05) is 19.0 Å². The quantitative estimate of drug-likeness (QED) is 0.907. The van der Waals surface area contributed by atoms with Crippen LogP contribution in [0.1, 0.15) is 12.5 Å². The van der Waals surface area contributed by atoms with Crippen molar-refractivity contribution in [3.8, 4) is 11.1 Å². The Morgan fingerprint density at radius 3 is 1.79 bits per heavy atom. The molecule has 2 rings (SSSR count). The van der Waals surface area contributed by atoms with E-state index < -0.39 is 0 Å². The highest BCUT2D eigenvalue weighted by Gasteiger charge is 2.01. The van der Waals surface area contributed by atoms with Crippen molar-refractivity contribution in [1.29, 1.82) is 0 Å². The molecule has 2 aromatic carbocycles. The third kappa shape index (κ3) is 3.58. The zero-order valence-electron chi connectivity index (χ0n) is 11.9. The van der Waals surface area contributed by atoms with Crippen molar-refractivity contribution in [2.24, 2.45) is 5.73 Å². The first-order chi connectivity index (χ1) is 9.06. The Morgan fingerprint density at radius 1 is 0.895 bits per heavy atom. The Labute approximate surface area is 115 Å². The van der Waals surface area contributed by atoms with E-state index in [1.807, 2.05) is 6.92 Å². The van der Waals surface area contributed by atoms with E-state index in [1.54, 1.807) is 0 Å². The van der Waals surface area contributed by atoms with Crippen molar-refractivity contribution in [1.82, 2.24) is 0 Å². The van der Waals surface area contributed by atoms with Crippen LogP contribution in [0.15, 0.2) is 48.5 Å². The summed E-state index contributed by atoms with van der Waals surface area (Å²) in [5.41, 5.74) is 10.8. The van der Waals surface area contributed by atoms with E-state index in [9.17, 15) is 0 Å². The van der Waals surface area contributed by atoms with Crippen molar-refractivity contribution in [3.05, 3.63) is 54.1 Å². The van der Waals surface area contributed by atoms with E-state index in [2.05, 4.69) is 67.5 Å². The van der Waals surface area contributed by atoms with Crippen LogP contribution in [-0.4, -0.2) is 20.1 Å². The minimum absolute atomic E-state index is 0.213. The van der Waals surface area contributed by atoms with Gasteiger partial charge >= 0.3 is 0 Å². The van der Waals surface area contributed by atoms with Crippen LogP contribution in [0.2, 0.25) is 0 Å². The van der Waals surface area contributed by atoms with Crippen LogP contribution in [0.3, 0.4) is 0 Å². The van der Waals surface area contributed by atoms with E-state index in [-0.39, 0.29) is 6.04 Å². The third-order valence-corrected chi connectivity index (χ3v) is 3.23. The summed E-state index contributed by atoms with van der Waals surface area (Å²) in [7, 11) is 4.11. The molecule has 100 valence electrons. The Bertz CT molecular complexity index is 510. The summed E-state index contributed by atoms with van der Waals surface area (Å²) >= 11 is 0. The van der Waals surface area contributed by atoms with Gasteiger partial charge in [0, 0.05) is 25.8 Å². The molecule has 0 aliphatic rings. The van der Waals surface area contributed by atoms with Crippen LogP contribution in [0.4, 0.5) is 5.69 Å². The van der Waals surface area contributed by atoms with Gasteiger partial charge in [0.25, 0.3) is 0 Å². The predicted molar refractivity (Wildman–Crippen MR) is 83.6 cm³/mol. The lowest BCUT2D eigenvalue weighted by Gasteiger charge is -2.13. The first kappa shape index (κ1) is 13.6. The molecule has 2 aromatic rings. The lowest BCUT2D eigenvalue weighted by Crippen LogP contribution is -2.17. The highest BCUT2D eigenvalue weighted by Crippen LogP contribution is 2.23. The van der Waals surface area contributed by atoms with E-state index in [1.165, 1.54) is 22.4 Å². The lowest BCUT2D eigenvalue weighted by molar-refractivity contribution is 0.738. The molecule has 2 heteroatoms. The molecule has 0 saturated heterocycles. The Balaban J connectivity index is 2.17. The maximum Gasteiger partial charge on any atom is 0.0361 e. The number of hydrogen-bond acceptors (Lipinski definition) is 2. The molecule has 0 saturated carbocycles. The topological polar surface area (TPSA) is 29.3 Å². The molecule has 2 N–H and O–H groups in total. The molecule has 1 unspecified atom stereocenters. The number of nitrogens with two attached hydrogens (primary N) is 1. The molecule has 19 heavy (non-hydrogen) atoms. The average molecular weight is 254 g/mol. The molecule has 0 aliphatic heterocycles. The summed E-state index contributed by atoms with van der Waals surface area (Å²) in [5.74, 6) is 0. The van der Waals surface area contributed by atoms with E-state index >= 15 is 0 Å². The number of rotatable bonds is 4. The molecule has 1 atom stereocenters. The number of hydrogen-bond donors (Lipinski definition) is 1. The second-order valence-corrected chi connectivity index (χ2v) is 5.32. The summed E-state index contributed by atoms with van der Waals surface area (Å²) in [5, 5.41) is 0. The normalized spacial score (nSPS) is 12.2. The monoisotopic (exact) mass is 254 g/mol. The minimum atomic E-state index is 0.213. The van der Waals surface area contributed by atoms with Gasteiger partial charge in [-0.25, -0.2) is 0 Å². The number of anilines is 1. The van der Waals surface area contributed by atoms with Gasteiger partial charge in [-0.05, 0) is 42.2 Å². The predicted octanol–water partition coefficient (Wildman–Crippen LogP) is 3.31. The highest BCUT2D eigenvalue weighted by atomic mass is 15.1. The largest absolute Gasteiger partial charge is 0.378 e. The molecule has 0 bridgehead atoms. The summed E-state index contributed by atoms with van der Waals surface area (Å²) in [6, 6.07) is 17.5. The fourth-order valence-corrected chi connectivity index (χ4v) is 2.16. The summed E-state index contributed by atoms with van der Waals surface area (Å²) in [4.78, 5) is 2.11. The van der Waals surface area contributed by atoms with Gasteiger partial charge < -0.3 is 10.6 Å². The maximum absolute atomic E-state index is 5.81. The van der Waals surface area contributed by atoms with Crippen molar-refractivity contribution < 1.29 is 0 Å². The fourth-order valence-electron chi connectivity index (χ4n) is 2.16. The van der Waals surface area contributed by atoms with E-state index in [4.69, 9.17) is 5.73 Å². The summed E-state index contributed by atoms with van der Waals surface area (Å²) in [6.07, 6.45) is 0.930. The molecular weight excluding hydrogens is 232 g/mol. The molecular formula is C17H22N2. The van der Waals surface area contributed by atoms with E-state index in [0.29, 0.717) is 0 Å². The molecule has 0 amide bonds. The van der Waals surface area contributed by atoms with Crippen molar-refractivity contribution >= 4 is 5.69 Å². The molecule has 0 aromatic heterocycles. The first-order valence-corrected chi connectivity index (χ1v) is 6.68. The third-order valence-electron chi connectivity index (χ3n) is 3.23. The second-order valence-electron chi connectivity index (χ2n) is 5.32. The van der Waals surface area contributed by atoms with Gasteiger partial charge in [0.2, 0.25) is 0 Å². The number of benzene rings is 2. The SMILES string of the molecule is CC(N)Cc1ccc(-c2ccc(N(C)C)cc2)cc1. The lowest BCUT2D eigenvalue weighted by atomic mass is 10.0. The van der Waals surface area contributed by atoms with Gasteiger partial charge in [0.15, 0.2) is 0 Å². The van der Waals surface area contributed by atoms with Crippen molar-refractivity contribution in [2.45, 2.75) is 19.4 Å². The minimum Gasteiger partial charge on any atom is -0.378 e.